The first kappa shape index (κ1) is 16.4. The molecule has 1 fully saturated rings. The highest BCUT2D eigenvalue weighted by molar-refractivity contribution is 6.00. The maximum absolute atomic E-state index is 12.2. The Morgan fingerprint density at radius 1 is 1.23 bits per heavy atom. The average molecular weight is 357 g/mol. The molecule has 0 radical (unpaired) electrons. The van der Waals surface area contributed by atoms with Gasteiger partial charge in [0.05, 0.1) is 6.54 Å². The number of hydrogen-bond acceptors (Lipinski definition) is 6. The second kappa shape index (κ2) is 7.07. The molecule has 1 aromatic heterocycles. The molecule has 2 amide bonds. The molecule has 1 unspecified atom stereocenters. The van der Waals surface area contributed by atoms with Gasteiger partial charge in [-0.2, -0.15) is 0 Å². The molecule has 0 bridgehead atoms. The van der Waals surface area contributed by atoms with Gasteiger partial charge >= 0.3 is 0 Å². The number of benzene rings is 1. The first-order valence-electron chi connectivity index (χ1n) is 8.62. The Morgan fingerprint density at radius 3 is 2.92 bits per heavy atom. The third-order valence-corrected chi connectivity index (χ3v) is 4.43. The van der Waals surface area contributed by atoms with Crippen LogP contribution in [0.2, 0.25) is 0 Å². The van der Waals surface area contributed by atoms with Crippen molar-refractivity contribution in [3.63, 3.8) is 0 Å². The molecule has 3 heterocycles. The molecular formula is C18H19N3O5. The molecule has 0 saturated carbocycles. The first-order chi connectivity index (χ1) is 12.7. The summed E-state index contributed by atoms with van der Waals surface area (Å²) in [6.07, 6.45) is 1.38. The Bertz CT molecular complexity index is 832. The number of nitrogens with zero attached hydrogens (tertiary/aromatic N) is 1. The van der Waals surface area contributed by atoms with Gasteiger partial charge in [0.2, 0.25) is 11.8 Å². The lowest BCUT2D eigenvalue weighted by Crippen LogP contribution is -2.44. The highest BCUT2D eigenvalue weighted by Crippen LogP contribution is 2.34. The topological polar surface area (TPSA) is 103 Å². The van der Waals surface area contributed by atoms with Crippen LogP contribution in [0, 0.1) is 5.92 Å². The predicted molar refractivity (Wildman–Crippen MR) is 90.5 cm³/mol. The van der Waals surface area contributed by atoms with E-state index in [4.69, 9.17) is 14.0 Å². The molecule has 0 aliphatic carbocycles. The van der Waals surface area contributed by atoms with Crippen LogP contribution in [0.4, 0.5) is 0 Å². The lowest BCUT2D eigenvalue weighted by Gasteiger charge is -2.20. The molecule has 1 aromatic carbocycles. The van der Waals surface area contributed by atoms with E-state index < -0.39 is 5.92 Å². The van der Waals surface area contributed by atoms with E-state index in [0.717, 1.165) is 12.0 Å². The quantitative estimate of drug-likeness (QED) is 0.799. The third-order valence-electron chi connectivity index (χ3n) is 4.43. The second-order valence-corrected chi connectivity index (χ2v) is 6.24. The number of piperidine rings is 1. The van der Waals surface area contributed by atoms with E-state index in [2.05, 4.69) is 15.8 Å². The molecule has 8 nitrogen and oxygen atoms in total. The number of ether oxygens (including phenoxy) is 2. The Morgan fingerprint density at radius 2 is 2.08 bits per heavy atom. The van der Waals surface area contributed by atoms with Crippen LogP contribution in [0.3, 0.4) is 0 Å². The van der Waals surface area contributed by atoms with Gasteiger partial charge in [0, 0.05) is 18.2 Å². The van der Waals surface area contributed by atoms with E-state index in [9.17, 15) is 9.59 Å². The normalized spacial score (nSPS) is 18.9. The molecule has 2 aliphatic heterocycles. The standard InChI is InChI=1S/C18H19N3O5/c22-17-13(2-1-5-19-17)18(23)20-10-12-9-15(26-21-12)11-3-4-14-16(8-11)25-7-6-24-14/h3-4,8-9,13H,1-2,5-7,10H2,(H,19,22)(H,20,23). The summed E-state index contributed by atoms with van der Waals surface area (Å²) in [6, 6.07) is 7.29. The minimum Gasteiger partial charge on any atom is -0.486 e. The van der Waals surface area contributed by atoms with Crippen LogP contribution in [0.25, 0.3) is 11.3 Å². The monoisotopic (exact) mass is 357 g/mol. The number of hydrogen-bond donors (Lipinski definition) is 2. The average Bonchev–Trinajstić information content (AvgIpc) is 3.15. The summed E-state index contributed by atoms with van der Waals surface area (Å²) in [5.74, 6) is 0.813. The van der Waals surface area contributed by atoms with E-state index in [1.165, 1.54) is 0 Å². The summed E-state index contributed by atoms with van der Waals surface area (Å²) < 4.78 is 16.4. The molecule has 2 N–H and O–H groups in total. The first-order valence-corrected chi connectivity index (χ1v) is 8.62. The third kappa shape index (κ3) is 3.35. The molecule has 1 saturated heterocycles. The summed E-state index contributed by atoms with van der Waals surface area (Å²) in [5, 5.41) is 9.43. The number of carbonyl (C=O) groups is 2. The molecule has 26 heavy (non-hydrogen) atoms. The Balaban J connectivity index is 1.40. The smallest absolute Gasteiger partial charge is 0.232 e. The Labute approximate surface area is 149 Å². The van der Waals surface area contributed by atoms with Gasteiger partial charge in [-0.15, -0.1) is 0 Å². The van der Waals surface area contributed by atoms with Crippen LogP contribution >= 0.6 is 0 Å². The molecule has 0 spiro atoms. The van der Waals surface area contributed by atoms with E-state index in [1.54, 1.807) is 6.07 Å². The Hall–Kier alpha value is -3.03. The van der Waals surface area contributed by atoms with Gasteiger partial charge in [0.25, 0.3) is 0 Å². The van der Waals surface area contributed by atoms with Crippen molar-refractivity contribution in [2.75, 3.05) is 19.8 Å². The van der Waals surface area contributed by atoms with Crippen molar-refractivity contribution in [3.05, 3.63) is 30.0 Å². The van der Waals surface area contributed by atoms with Crippen LogP contribution in [-0.2, 0) is 16.1 Å². The van der Waals surface area contributed by atoms with Gasteiger partial charge in [-0.1, -0.05) is 5.16 Å². The SMILES string of the molecule is O=C1NCCCC1C(=O)NCc1cc(-c2ccc3c(c2)OCCO3)on1. The Kier molecular flexibility index (Phi) is 4.47. The van der Waals surface area contributed by atoms with Crippen molar-refractivity contribution in [2.45, 2.75) is 19.4 Å². The summed E-state index contributed by atoms with van der Waals surface area (Å²) in [5.41, 5.74) is 1.39. The van der Waals surface area contributed by atoms with Crippen molar-refractivity contribution < 1.29 is 23.6 Å². The second-order valence-electron chi connectivity index (χ2n) is 6.24. The fourth-order valence-corrected chi connectivity index (χ4v) is 3.05. The predicted octanol–water partition coefficient (Wildman–Crippen LogP) is 1.26. The van der Waals surface area contributed by atoms with Crippen molar-refractivity contribution in [3.8, 4) is 22.8 Å². The zero-order valence-corrected chi connectivity index (χ0v) is 14.1. The summed E-state index contributed by atoms with van der Waals surface area (Å²) in [4.78, 5) is 23.9. The summed E-state index contributed by atoms with van der Waals surface area (Å²) in [7, 11) is 0. The van der Waals surface area contributed by atoms with Gasteiger partial charge in [-0.3, -0.25) is 9.59 Å². The fourth-order valence-electron chi connectivity index (χ4n) is 3.05. The lowest BCUT2D eigenvalue weighted by molar-refractivity contribution is -0.136. The molecule has 4 rings (SSSR count). The molecular weight excluding hydrogens is 338 g/mol. The summed E-state index contributed by atoms with van der Waals surface area (Å²) >= 11 is 0. The largest absolute Gasteiger partial charge is 0.486 e. The van der Waals surface area contributed by atoms with Crippen LogP contribution in [0.15, 0.2) is 28.8 Å². The van der Waals surface area contributed by atoms with Crippen molar-refractivity contribution in [1.29, 1.82) is 0 Å². The lowest BCUT2D eigenvalue weighted by atomic mass is 9.98. The van der Waals surface area contributed by atoms with Crippen molar-refractivity contribution >= 4 is 11.8 Å². The number of fused-ring (bicyclic) bond motifs is 1. The number of aromatic nitrogens is 1. The molecule has 2 aromatic rings. The van der Waals surface area contributed by atoms with Gasteiger partial charge in [0.15, 0.2) is 17.3 Å². The zero-order chi connectivity index (χ0) is 17.9. The van der Waals surface area contributed by atoms with E-state index in [1.807, 2.05) is 18.2 Å². The van der Waals surface area contributed by atoms with E-state index in [0.29, 0.717) is 49.1 Å². The minimum absolute atomic E-state index is 0.205. The highest BCUT2D eigenvalue weighted by Gasteiger charge is 2.28. The van der Waals surface area contributed by atoms with E-state index in [-0.39, 0.29) is 18.4 Å². The zero-order valence-electron chi connectivity index (χ0n) is 14.1. The van der Waals surface area contributed by atoms with Gasteiger partial charge < -0.3 is 24.6 Å². The fraction of sp³-hybridized carbons (Fsp3) is 0.389. The number of carbonyl (C=O) groups excluding carboxylic acids is 2. The van der Waals surface area contributed by atoms with Gasteiger partial charge in [0.1, 0.15) is 24.8 Å². The summed E-state index contributed by atoms with van der Waals surface area (Å²) in [6.45, 7) is 1.89. The van der Waals surface area contributed by atoms with Gasteiger partial charge in [-0.05, 0) is 31.0 Å². The van der Waals surface area contributed by atoms with Gasteiger partial charge in [-0.25, -0.2) is 0 Å². The van der Waals surface area contributed by atoms with Crippen molar-refractivity contribution in [2.24, 2.45) is 5.92 Å². The highest BCUT2D eigenvalue weighted by atomic mass is 16.6. The van der Waals surface area contributed by atoms with Crippen molar-refractivity contribution in [1.82, 2.24) is 15.8 Å². The molecule has 8 heteroatoms. The van der Waals surface area contributed by atoms with Crippen LogP contribution in [0.5, 0.6) is 11.5 Å². The molecule has 136 valence electrons. The molecule has 1 atom stereocenters. The number of amides is 2. The number of rotatable bonds is 4. The molecule has 2 aliphatic rings. The van der Waals surface area contributed by atoms with E-state index >= 15 is 0 Å². The number of nitrogens with one attached hydrogen (secondary N) is 2. The minimum atomic E-state index is -0.632. The van der Waals surface area contributed by atoms with Crippen LogP contribution < -0.4 is 20.1 Å². The maximum atomic E-state index is 12.2. The maximum Gasteiger partial charge on any atom is 0.232 e. The van der Waals surface area contributed by atoms with Crippen LogP contribution in [0.1, 0.15) is 18.5 Å². The van der Waals surface area contributed by atoms with Crippen LogP contribution in [-0.4, -0.2) is 36.7 Å².